The molecule has 1 aromatic carbocycles. The first-order valence-electron chi connectivity index (χ1n) is 6.69. The predicted octanol–water partition coefficient (Wildman–Crippen LogP) is 3.71. The van der Waals surface area contributed by atoms with E-state index in [-0.39, 0.29) is 35.2 Å². The van der Waals surface area contributed by atoms with Crippen LogP contribution in [-0.2, 0) is 4.79 Å². The van der Waals surface area contributed by atoms with Gasteiger partial charge in [0.2, 0.25) is 0 Å². The van der Waals surface area contributed by atoms with Gasteiger partial charge in [-0.1, -0.05) is 19.9 Å². The fraction of sp³-hybridized carbons (Fsp3) is 0.533. The average Bonchev–Trinajstić information content (AvgIpc) is 2.26. The van der Waals surface area contributed by atoms with Crippen LogP contribution >= 0.6 is 0 Å². The van der Waals surface area contributed by atoms with Crippen molar-refractivity contribution in [3.8, 4) is 5.75 Å². The maximum absolute atomic E-state index is 11.8. The smallest absolute Gasteiger partial charge is 0.310 e. The monoisotopic (exact) mass is 279 g/mol. The van der Waals surface area contributed by atoms with Crippen molar-refractivity contribution in [1.82, 2.24) is 0 Å². The first-order valence-corrected chi connectivity index (χ1v) is 6.69. The minimum atomic E-state index is -0.473. The molecule has 1 atom stereocenters. The number of Topliss-reactive ketones (excluding diaryl/α,β-unsaturated/α-hetero) is 1. The van der Waals surface area contributed by atoms with Gasteiger partial charge in [0.05, 0.1) is 11.0 Å². The molecule has 0 saturated heterocycles. The molecule has 20 heavy (non-hydrogen) atoms. The first kappa shape index (κ1) is 16.1. The number of carbonyl (C=O) groups excluding carboxylic acids is 1. The Balaban J connectivity index is 3.30. The standard InChI is InChI=1S/C15H21NO4/c1-9(2)15(11(5)17)12-6-7-13(16(18)19)14(8-12)20-10(3)4/h6-10,15H,1-5H3. The molecule has 0 bridgehead atoms. The summed E-state index contributed by atoms with van der Waals surface area (Å²) in [5.41, 5.74) is 0.683. The largest absolute Gasteiger partial charge is 0.484 e. The summed E-state index contributed by atoms with van der Waals surface area (Å²) in [7, 11) is 0. The zero-order valence-corrected chi connectivity index (χ0v) is 12.5. The number of ketones is 1. The van der Waals surface area contributed by atoms with Crippen molar-refractivity contribution in [3.05, 3.63) is 33.9 Å². The molecule has 1 aromatic rings. The Labute approximate surface area is 119 Å². The molecule has 0 radical (unpaired) electrons. The van der Waals surface area contributed by atoms with Gasteiger partial charge < -0.3 is 4.74 Å². The van der Waals surface area contributed by atoms with E-state index < -0.39 is 4.92 Å². The molecule has 0 fully saturated rings. The van der Waals surface area contributed by atoms with Crippen molar-refractivity contribution in [3.63, 3.8) is 0 Å². The lowest BCUT2D eigenvalue weighted by molar-refractivity contribution is -0.386. The number of nitro benzene ring substituents is 1. The third kappa shape index (κ3) is 3.79. The quantitative estimate of drug-likeness (QED) is 0.588. The summed E-state index contributed by atoms with van der Waals surface area (Å²) < 4.78 is 5.50. The van der Waals surface area contributed by atoms with Crippen LogP contribution in [0.3, 0.4) is 0 Å². The third-order valence-electron chi connectivity index (χ3n) is 3.01. The van der Waals surface area contributed by atoms with Crippen LogP contribution in [0.1, 0.15) is 46.1 Å². The van der Waals surface area contributed by atoms with Crippen LogP contribution in [0.25, 0.3) is 0 Å². The lowest BCUT2D eigenvalue weighted by Gasteiger charge is -2.19. The topological polar surface area (TPSA) is 69.4 Å². The van der Waals surface area contributed by atoms with Crippen LogP contribution in [0.2, 0.25) is 0 Å². The Hall–Kier alpha value is -1.91. The summed E-state index contributed by atoms with van der Waals surface area (Å²) in [5.74, 6) is 0.116. The molecule has 0 aliphatic heterocycles. The van der Waals surface area contributed by atoms with Crippen molar-refractivity contribution in [2.24, 2.45) is 5.92 Å². The molecule has 1 unspecified atom stereocenters. The summed E-state index contributed by atoms with van der Waals surface area (Å²) in [4.78, 5) is 22.3. The lowest BCUT2D eigenvalue weighted by atomic mass is 9.85. The summed E-state index contributed by atoms with van der Waals surface area (Å²) in [6.45, 7) is 9.06. The molecule has 1 rings (SSSR count). The van der Waals surface area contributed by atoms with Crippen molar-refractivity contribution >= 4 is 11.5 Å². The van der Waals surface area contributed by atoms with E-state index in [2.05, 4.69) is 0 Å². The zero-order chi connectivity index (χ0) is 15.4. The Morgan fingerprint density at radius 3 is 2.25 bits per heavy atom. The highest BCUT2D eigenvalue weighted by atomic mass is 16.6. The van der Waals surface area contributed by atoms with Gasteiger partial charge in [-0.25, -0.2) is 0 Å². The molecule has 5 nitrogen and oxygen atoms in total. The van der Waals surface area contributed by atoms with Gasteiger partial charge in [0, 0.05) is 12.0 Å². The van der Waals surface area contributed by atoms with Crippen LogP contribution in [0.4, 0.5) is 5.69 Å². The maximum Gasteiger partial charge on any atom is 0.310 e. The van der Waals surface area contributed by atoms with Crippen molar-refractivity contribution in [1.29, 1.82) is 0 Å². The number of nitrogens with zero attached hydrogens (tertiary/aromatic N) is 1. The van der Waals surface area contributed by atoms with E-state index >= 15 is 0 Å². The van der Waals surface area contributed by atoms with Crippen LogP contribution in [0.5, 0.6) is 5.75 Å². The number of ether oxygens (including phenoxy) is 1. The molecule has 0 heterocycles. The number of hydrogen-bond donors (Lipinski definition) is 0. The molecule has 0 aromatic heterocycles. The van der Waals surface area contributed by atoms with Crippen molar-refractivity contribution < 1.29 is 14.5 Å². The average molecular weight is 279 g/mol. The number of benzene rings is 1. The van der Waals surface area contributed by atoms with Crippen LogP contribution in [0.15, 0.2) is 18.2 Å². The van der Waals surface area contributed by atoms with Crippen molar-refractivity contribution in [2.45, 2.75) is 46.6 Å². The third-order valence-corrected chi connectivity index (χ3v) is 3.01. The first-order chi connectivity index (χ1) is 9.23. The van der Waals surface area contributed by atoms with Gasteiger partial charge in [0.15, 0.2) is 5.75 Å². The van der Waals surface area contributed by atoms with Crippen LogP contribution < -0.4 is 4.74 Å². The van der Waals surface area contributed by atoms with Gasteiger partial charge in [-0.15, -0.1) is 0 Å². The summed E-state index contributed by atoms with van der Waals surface area (Å²) in [6, 6.07) is 4.66. The highest BCUT2D eigenvalue weighted by molar-refractivity contribution is 5.84. The Morgan fingerprint density at radius 2 is 1.85 bits per heavy atom. The van der Waals surface area contributed by atoms with E-state index in [9.17, 15) is 14.9 Å². The molecule has 0 amide bonds. The molecule has 110 valence electrons. The zero-order valence-electron chi connectivity index (χ0n) is 12.5. The minimum absolute atomic E-state index is 0.0457. The highest BCUT2D eigenvalue weighted by Gasteiger charge is 2.24. The van der Waals surface area contributed by atoms with E-state index in [0.717, 1.165) is 5.56 Å². The molecular formula is C15H21NO4. The maximum atomic E-state index is 11.8. The van der Waals surface area contributed by atoms with Crippen molar-refractivity contribution in [2.75, 3.05) is 0 Å². The summed E-state index contributed by atoms with van der Waals surface area (Å²) in [6.07, 6.45) is -0.168. The van der Waals surface area contributed by atoms with E-state index in [1.165, 1.54) is 13.0 Å². The molecule has 0 spiro atoms. The van der Waals surface area contributed by atoms with Crippen LogP contribution in [-0.4, -0.2) is 16.8 Å². The number of rotatable bonds is 6. The number of carbonyl (C=O) groups is 1. The fourth-order valence-corrected chi connectivity index (χ4v) is 2.31. The van der Waals surface area contributed by atoms with Gasteiger partial charge in [0.1, 0.15) is 5.78 Å². The number of hydrogen-bond acceptors (Lipinski definition) is 4. The predicted molar refractivity (Wildman–Crippen MR) is 77.1 cm³/mol. The molecule has 0 N–H and O–H groups in total. The van der Waals surface area contributed by atoms with Crippen LogP contribution in [0, 0.1) is 16.0 Å². The molecule has 0 aliphatic carbocycles. The minimum Gasteiger partial charge on any atom is -0.484 e. The normalized spacial score (nSPS) is 12.6. The van der Waals surface area contributed by atoms with Gasteiger partial charge in [-0.2, -0.15) is 0 Å². The van der Waals surface area contributed by atoms with Gasteiger partial charge in [0.25, 0.3) is 0 Å². The molecule has 0 saturated carbocycles. The van der Waals surface area contributed by atoms with E-state index in [0.29, 0.717) is 0 Å². The molecule has 5 heteroatoms. The Morgan fingerprint density at radius 1 is 1.25 bits per heavy atom. The van der Waals surface area contributed by atoms with E-state index in [1.807, 2.05) is 13.8 Å². The van der Waals surface area contributed by atoms with Gasteiger partial charge in [-0.05, 0) is 38.3 Å². The Kier molecular flexibility index (Phi) is 5.25. The molecular weight excluding hydrogens is 258 g/mol. The molecule has 0 aliphatic rings. The Bertz CT molecular complexity index is 509. The summed E-state index contributed by atoms with van der Waals surface area (Å²) >= 11 is 0. The van der Waals surface area contributed by atoms with Gasteiger partial charge in [-0.3, -0.25) is 14.9 Å². The highest BCUT2D eigenvalue weighted by Crippen LogP contribution is 2.34. The van der Waals surface area contributed by atoms with Gasteiger partial charge >= 0.3 is 5.69 Å². The second kappa shape index (κ2) is 6.50. The lowest BCUT2D eigenvalue weighted by Crippen LogP contribution is -2.16. The SMILES string of the molecule is CC(=O)C(c1ccc([N+](=O)[O-])c(OC(C)C)c1)C(C)C. The number of nitro groups is 1. The second-order valence-electron chi connectivity index (χ2n) is 5.48. The van der Waals surface area contributed by atoms with E-state index in [1.54, 1.807) is 26.0 Å². The fourth-order valence-electron chi connectivity index (χ4n) is 2.31. The van der Waals surface area contributed by atoms with E-state index in [4.69, 9.17) is 4.74 Å². The second-order valence-corrected chi connectivity index (χ2v) is 5.48. The summed E-state index contributed by atoms with van der Waals surface area (Å²) in [5, 5.41) is 11.0.